The Morgan fingerprint density at radius 3 is 1.53 bits per heavy atom. The molecule has 2 aliphatic rings. The van der Waals surface area contributed by atoms with Crippen molar-refractivity contribution in [3.63, 3.8) is 0 Å². The molecule has 2 saturated heterocycles. The van der Waals surface area contributed by atoms with Crippen molar-refractivity contribution in [1.29, 1.82) is 0 Å². The van der Waals surface area contributed by atoms with Crippen LogP contribution >= 0.6 is 49.9 Å². The highest BCUT2D eigenvalue weighted by atomic mass is 79.9. The number of ether oxygens (including phenoxy) is 2. The third kappa shape index (κ3) is 19.9. The monoisotopic (exact) mass is 1390 g/mol. The summed E-state index contributed by atoms with van der Waals surface area (Å²) in [5.74, 6) is 2.61. The second-order valence-electron chi connectivity index (χ2n) is 24.9. The number of hydrogen-bond donors (Lipinski definition) is 7. The van der Waals surface area contributed by atoms with Crippen molar-refractivity contribution in [3.8, 4) is 31.7 Å². The number of likely N-dealkylation sites (N-methyl/N-ethyl adjacent to an activating group) is 3. The molecule has 9 aromatic rings. The Morgan fingerprint density at radius 2 is 1.06 bits per heavy atom. The van der Waals surface area contributed by atoms with Gasteiger partial charge in [-0.15, -0.1) is 34.0 Å². The van der Waals surface area contributed by atoms with Crippen LogP contribution in [0.3, 0.4) is 0 Å². The van der Waals surface area contributed by atoms with Crippen molar-refractivity contribution in [3.05, 3.63) is 77.7 Å². The standard InChI is InChI=1S/C25H36N6O2S.C19H23BrN4OS.C16H20N6OS.C6H14N2O/c1-6-22(32)30(5)13-12-26-17-16-21(29-25(2,3)4)28-18-15-20(34-24(17)18)19-10-11-27-31(19)23-9-7-8-14-33-23;1-19(2,3)23-16-10-12(20)18-13(22-16)11-15(26-18)14-7-8-21-24(14)17-6-4-5-9-25-17;1-3-15(23)22(2)7-6-18-11-9-14(17)20-12-8-13(24-16(11)12)10-4-5-19-21-10;1-3-6(9)8(2)5-4-7/h10-11,15-16,23H,6-9,12-14H2,1-5H3,(H2,26,28,29);7-8,10-11,17H,4-6,9H2,1-3H3,(H,22,23);4-5,8-9H,3,6-7H2,1-2H3,(H,19,21)(H3,17,18,20);3-5,7H2,1-2H3. The minimum atomic E-state index is -0.110. The van der Waals surface area contributed by atoms with Crippen molar-refractivity contribution in [2.45, 2.75) is 144 Å². The molecule has 502 valence electrons. The number of nitrogens with zero attached hydrogens (tertiary/aromatic N) is 11. The van der Waals surface area contributed by atoms with Gasteiger partial charge in [-0.3, -0.25) is 19.5 Å². The zero-order valence-corrected chi connectivity index (χ0v) is 59.9. The summed E-state index contributed by atoms with van der Waals surface area (Å²) in [6, 6.07) is 18.3. The van der Waals surface area contributed by atoms with E-state index in [2.05, 4.69) is 141 Å². The molecular weight excluding hydrogens is 1300 g/mol. The predicted octanol–water partition coefficient (Wildman–Crippen LogP) is 13.5. The molecule has 11 heterocycles. The molecule has 0 radical (unpaired) electrons. The summed E-state index contributed by atoms with van der Waals surface area (Å²) >= 11 is 8.78. The molecule has 9 aromatic heterocycles. The van der Waals surface area contributed by atoms with Gasteiger partial charge in [0, 0.05) is 139 Å². The maximum absolute atomic E-state index is 11.9. The number of anilines is 5. The van der Waals surface area contributed by atoms with Crippen LogP contribution in [-0.4, -0.2) is 162 Å². The van der Waals surface area contributed by atoms with Gasteiger partial charge in [0.1, 0.15) is 17.5 Å². The summed E-state index contributed by atoms with van der Waals surface area (Å²) in [5, 5.41) is 29.9. The number of amides is 3. The van der Waals surface area contributed by atoms with E-state index < -0.39 is 0 Å². The SMILES string of the molecule is CC(C)(C)Nc1cc(Br)c2sc(-c3ccnn3C3CCCCO3)cc2n1.CCC(=O)N(C)CCN.CCC(=O)N(C)CCNc1cc(N)nc2cc(-c3ccn[nH]3)sc12.CCC(=O)N(C)CCNc1cc(NC(C)(C)C)nc2cc(-c3ccnn3C3CCCCO3)sc12. The van der Waals surface area contributed by atoms with Crippen molar-refractivity contribution >= 4 is 127 Å². The van der Waals surface area contributed by atoms with E-state index in [1.54, 1.807) is 62.0 Å². The quantitative estimate of drug-likeness (QED) is 0.0373. The summed E-state index contributed by atoms with van der Waals surface area (Å²) in [6.07, 6.45) is 13.6. The second kappa shape index (κ2) is 33.2. The van der Waals surface area contributed by atoms with E-state index in [0.29, 0.717) is 64.3 Å². The van der Waals surface area contributed by atoms with E-state index in [1.165, 1.54) is 6.42 Å². The van der Waals surface area contributed by atoms with Crippen LogP contribution in [-0.2, 0) is 23.9 Å². The maximum Gasteiger partial charge on any atom is 0.222 e. The highest BCUT2D eigenvalue weighted by Gasteiger charge is 2.25. The topological polar surface area (TPSA) is 283 Å². The Labute approximate surface area is 566 Å². The van der Waals surface area contributed by atoms with Gasteiger partial charge < -0.3 is 56.9 Å². The van der Waals surface area contributed by atoms with Crippen molar-refractivity contribution < 1.29 is 23.9 Å². The minimum Gasteiger partial charge on any atom is -0.384 e. The molecule has 0 bridgehead atoms. The number of thiophene rings is 3. The molecule has 9 N–H and O–H groups in total. The van der Waals surface area contributed by atoms with Crippen LogP contribution in [0.25, 0.3) is 62.4 Å². The number of aromatic amines is 1. The highest BCUT2D eigenvalue weighted by molar-refractivity contribution is 9.10. The largest absolute Gasteiger partial charge is 0.384 e. The molecule has 27 heteroatoms. The first kappa shape index (κ1) is 71.6. The number of nitrogen functional groups attached to an aromatic ring is 1. The van der Waals surface area contributed by atoms with Gasteiger partial charge in [0.25, 0.3) is 0 Å². The Hall–Kier alpha value is -7.27. The normalized spacial score (nSPS) is 14.9. The average molecular weight is 1390 g/mol. The summed E-state index contributed by atoms with van der Waals surface area (Å²) in [5.41, 5.74) is 18.8. The molecule has 0 aliphatic carbocycles. The second-order valence-corrected chi connectivity index (χ2v) is 29.0. The number of halogens is 1. The van der Waals surface area contributed by atoms with Gasteiger partial charge in [0.05, 0.1) is 73.7 Å². The van der Waals surface area contributed by atoms with Crippen LogP contribution in [0.2, 0.25) is 0 Å². The Bertz CT molecular complexity index is 3870. The molecule has 2 fully saturated rings. The first-order valence-corrected chi connectivity index (χ1v) is 35.2. The number of carbonyl (C=O) groups excluding carboxylic acids is 3. The number of fused-ring (bicyclic) bond motifs is 3. The van der Waals surface area contributed by atoms with Gasteiger partial charge in [0.15, 0.2) is 12.5 Å². The minimum absolute atomic E-state index is 0.0146. The summed E-state index contributed by atoms with van der Waals surface area (Å²) in [6.45, 7) is 23.8. The van der Waals surface area contributed by atoms with Crippen LogP contribution < -0.4 is 32.7 Å². The van der Waals surface area contributed by atoms with E-state index >= 15 is 0 Å². The number of nitrogens with two attached hydrogens (primary N) is 2. The van der Waals surface area contributed by atoms with E-state index in [4.69, 9.17) is 30.9 Å². The van der Waals surface area contributed by atoms with Gasteiger partial charge >= 0.3 is 0 Å². The highest BCUT2D eigenvalue weighted by Crippen LogP contribution is 2.42. The molecule has 93 heavy (non-hydrogen) atoms. The van der Waals surface area contributed by atoms with Crippen molar-refractivity contribution in [2.24, 2.45) is 5.73 Å². The molecule has 2 atom stereocenters. The lowest BCUT2D eigenvalue weighted by molar-refractivity contribution is -0.130. The zero-order valence-electron chi connectivity index (χ0n) is 55.8. The summed E-state index contributed by atoms with van der Waals surface area (Å²) < 4.78 is 20.3. The van der Waals surface area contributed by atoms with Crippen LogP contribution in [0.1, 0.15) is 133 Å². The number of hydrogen-bond acceptors (Lipinski definition) is 20. The summed E-state index contributed by atoms with van der Waals surface area (Å²) in [4.78, 5) is 56.9. The van der Waals surface area contributed by atoms with Crippen LogP contribution in [0.5, 0.6) is 0 Å². The lowest BCUT2D eigenvalue weighted by atomic mass is 10.1. The third-order valence-electron chi connectivity index (χ3n) is 15.1. The first-order chi connectivity index (χ1) is 44.5. The molecule has 0 aromatic carbocycles. The summed E-state index contributed by atoms with van der Waals surface area (Å²) in [7, 11) is 5.42. The molecular formula is C66H93BrN18O5S3. The van der Waals surface area contributed by atoms with E-state index in [0.717, 1.165) is 135 Å². The van der Waals surface area contributed by atoms with Crippen LogP contribution in [0, 0.1) is 0 Å². The number of aromatic nitrogens is 9. The van der Waals surface area contributed by atoms with Crippen LogP contribution in [0.4, 0.5) is 28.8 Å². The van der Waals surface area contributed by atoms with Crippen molar-refractivity contribution in [1.82, 2.24) is 59.4 Å². The smallest absolute Gasteiger partial charge is 0.222 e. The van der Waals surface area contributed by atoms with Gasteiger partial charge in [-0.25, -0.2) is 24.3 Å². The molecule has 23 nitrogen and oxygen atoms in total. The molecule has 11 rings (SSSR count). The first-order valence-electron chi connectivity index (χ1n) is 32.0. The molecule has 0 saturated carbocycles. The fraction of sp³-hybridized carbons (Fsp3) is 0.500. The number of carbonyl (C=O) groups is 3. The predicted molar refractivity (Wildman–Crippen MR) is 385 cm³/mol. The Balaban J connectivity index is 0.000000170. The number of rotatable bonds is 20. The van der Waals surface area contributed by atoms with Crippen LogP contribution in [0.15, 0.2) is 77.7 Å². The number of pyridine rings is 3. The molecule has 2 unspecified atom stereocenters. The Morgan fingerprint density at radius 1 is 0.613 bits per heavy atom. The molecule has 2 aliphatic heterocycles. The average Bonchev–Trinajstić information content (AvgIpc) is 1.67. The maximum atomic E-state index is 11.9. The number of H-pyrrole nitrogens is 1. The number of nitrogens with one attached hydrogen (secondary N) is 5. The fourth-order valence-electron chi connectivity index (χ4n) is 10.4. The lowest BCUT2D eigenvalue weighted by Crippen LogP contribution is -2.30. The van der Waals surface area contributed by atoms with Crippen molar-refractivity contribution in [2.75, 3.05) is 101 Å². The fourth-order valence-corrected chi connectivity index (χ4v) is 14.2. The van der Waals surface area contributed by atoms with Gasteiger partial charge in [0.2, 0.25) is 17.7 Å². The van der Waals surface area contributed by atoms with Gasteiger partial charge in [-0.1, -0.05) is 20.8 Å². The lowest BCUT2D eigenvalue weighted by Gasteiger charge is -2.24. The van der Waals surface area contributed by atoms with E-state index in [1.807, 2.05) is 74.8 Å². The molecule has 3 amide bonds. The van der Waals surface area contributed by atoms with Gasteiger partial charge in [-0.05, 0) is 138 Å². The van der Waals surface area contributed by atoms with E-state index in [9.17, 15) is 14.4 Å². The van der Waals surface area contributed by atoms with E-state index in [-0.39, 0.29) is 41.3 Å². The Kier molecular flexibility index (Phi) is 25.6. The third-order valence-corrected chi connectivity index (χ3v) is 19.5. The van der Waals surface area contributed by atoms with Gasteiger partial charge in [-0.2, -0.15) is 15.3 Å². The molecule has 0 spiro atoms. The zero-order chi connectivity index (χ0) is 67.0.